The fraction of sp³-hybridized carbons (Fsp3) is 0.227. The van der Waals surface area contributed by atoms with E-state index in [4.69, 9.17) is 0 Å². The Morgan fingerprint density at radius 2 is 1.88 bits per heavy atom. The maximum absolute atomic E-state index is 13.1. The fourth-order valence-corrected chi connectivity index (χ4v) is 3.99. The van der Waals surface area contributed by atoms with E-state index in [1.807, 2.05) is 0 Å². The molecule has 2 aromatic heterocycles. The van der Waals surface area contributed by atoms with Crippen molar-refractivity contribution in [2.24, 2.45) is 7.05 Å². The van der Waals surface area contributed by atoms with Crippen molar-refractivity contribution in [1.82, 2.24) is 30.7 Å². The summed E-state index contributed by atoms with van der Waals surface area (Å²) >= 11 is 0. The Morgan fingerprint density at radius 1 is 1.15 bits per heavy atom. The molecule has 1 fully saturated rings. The van der Waals surface area contributed by atoms with Crippen molar-refractivity contribution >= 4 is 17.8 Å². The van der Waals surface area contributed by atoms with E-state index >= 15 is 0 Å². The van der Waals surface area contributed by atoms with Gasteiger partial charge in [-0.3, -0.25) is 24.6 Å². The van der Waals surface area contributed by atoms with Gasteiger partial charge >= 0.3 is 12.2 Å². The summed E-state index contributed by atoms with van der Waals surface area (Å²) in [5, 5.41) is 11.5. The number of nitrogens with one attached hydrogen (secondary N) is 3. The molecule has 0 spiro atoms. The van der Waals surface area contributed by atoms with Crippen LogP contribution in [0.15, 0.2) is 48.8 Å². The molecule has 0 aliphatic carbocycles. The summed E-state index contributed by atoms with van der Waals surface area (Å²) < 4.78 is 40.0. The van der Waals surface area contributed by atoms with Gasteiger partial charge in [-0.15, -0.1) is 0 Å². The van der Waals surface area contributed by atoms with Crippen LogP contribution >= 0.6 is 0 Å². The predicted octanol–water partition coefficient (Wildman–Crippen LogP) is 2.27. The number of carbonyl (C=O) groups excluding carboxylic acids is 3. The molecule has 0 radical (unpaired) electrons. The van der Waals surface area contributed by atoms with Gasteiger partial charge in [0.15, 0.2) is 5.54 Å². The maximum Gasteiger partial charge on any atom is 0.433 e. The Kier molecular flexibility index (Phi) is 5.59. The zero-order valence-corrected chi connectivity index (χ0v) is 18.0. The standard InChI is InChI=1S/C22H19F3N6O3/c1-12-9-28-31(2)17(12)21(19(33)29-20(34)30-21)11-27-18(32)15-6-4-3-5-14(15)13-7-8-16(26-10-13)22(23,24)25/h3-10H,11H2,1-2H3,(H,27,32)(H2,29,30,33,34)/t21-/m1/s1. The zero-order chi connectivity index (χ0) is 24.7. The van der Waals surface area contributed by atoms with Crippen molar-refractivity contribution in [3.05, 3.63) is 71.3 Å². The SMILES string of the molecule is Cc1cnn(C)c1[C@@]1(CNC(=O)c2ccccc2-c2ccc(C(F)(F)F)nc2)NC(=O)NC1=O. The largest absolute Gasteiger partial charge is 0.433 e. The molecular weight excluding hydrogens is 453 g/mol. The number of rotatable bonds is 5. The van der Waals surface area contributed by atoms with Crippen LogP contribution in [0.5, 0.6) is 0 Å². The molecule has 1 aliphatic heterocycles. The summed E-state index contributed by atoms with van der Waals surface area (Å²) in [6.07, 6.45) is -2.01. The number of nitrogens with zero attached hydrogens (tertiary/aromatic N) is 3. The molecule has 0 bridgehead atoms. The van der Waals surface area contributed by atoms with Crippen LogP contribution in [0.4, 0.5) is 18.0 Å². The molecule has 1 atom stereocenters. The molecule has 0 unspecified atom stereocenters. The van der Waals surface area contributed by atoms with Gasteiger partial charge in [-0.2, -0.15) is 18.3 Å². The first kappa shape index (κ1) is 23.0. The normalized spacial score (nSPS) is 17.9. The number of halogens is 3. The van der Waals surface area contributed by atoms with Gasteiger partial charge in [0.1, 0.15) is 5.69 Å². The highest BCUT2D eigenvalue weighted by molar-refractivity contribution is 6.08. The third-order valence-electron chi connectivity index (χ3n) is 5.52. The molecule has 4 rings (SSSR count). The molecule has 176 valence electrons. The van der Waals surface area contributed by atoms with Crippen molar-refractivity contribution in [1.29, 1.82) is 0 Å². The molecule has 12 heteroatoms. The number of pyridine rings is 1. The Morgan fingerprint density at radius 3 is 2.44 bits per heavy atom. The van der Waals surface area contributed by atoms with E-state index in [0.717, 1.165) is 12.3 Å². The maximum atomic E-state index is 13.1. The smallest absolute Gasteiger partial charge is 0.349 e. The van der Waals surface area contributed by atoms with E-state index in [2.05, 4.69) is 26.0 Å². The van der Waals surface area contributed by atoms with Crippen LogP contribution < -0.4 is 16.0 Å². The van der Waals surface area contributed by atoms with Gasteiger partial charge in [0, 0.05) is 24.4 Å². The average molecular weight is 472 g/mol. The van der Waals surface area contributed by atoms with E-state index in [0.29, 0.717) is 22.4 Å². The number of hydrogen-bond acceptors (Lipinski definition) is 5. The van der Waals surface area contributed by atoms with Gasteiger partial charge in [-0.05, 0) is 30.2 Å². The summed E-state index contributed by atoms with van der Waals surface area (Å²) in [6, 6.07) is 7.66. The molecule has 1 aromatic carbocycles. The lowest BCUT2D eigenvalue weighted by Crippen LogP contribution is -2.54. The van der Waals surface area contributed by atoms with Crippen LogP contribution in [-0.4, -0.2) is 39.2 Å². The molecule has 9 nitrogen and oxygen atoms in total. The average Bonchev–Trinajstić information content (AvgIpc) is 3.28. The van der Waals surface area contributed by atoms with Crippen LogP contribution in [0.2, 0.25) is 0 Å². The molecule has 0 saturated carbocycles. The lowest BCUT2D eigenvalue weighted by Gasteiger charge is -2.27. The van der Waals surface area contributed by atoms with E-state index in [9.17, 15) is 27.6 Å². The first-order chi connectivity index (χ1) is 16.0. The lowest BCUT2D eigenvalue weighted by atomic mass is 9.92. The number of carbonyl (C=O) groups is 3. The Balaban J connectivity index is 1.64. The van der Waals surface area contributed by atoms with Gasteiger partial charge in [-0.25, -0.2) is 4.79 Å². The number of benzene rings is 1. The van der Waals surface area contributed by atoms with Gasteiger partial charge < -0.3 is 10.6 Å². The van der Waals surface area contributed by atoms with Crippen molar-refractivity contribution in [2.75, 3.05) is 6.54 Å². The predicted molar refractivity (Wildman–Crippen MR) is 113 cm³/mol. The monoisotopic (exact) mass is 472 g/mol. The van der Waals surface area contributed by atoms with Crippen molar-refractivity contribution in [2.45, 2.75) is 18.6 Å². The summed E-state index contributed by atoms with van der Waals surface area (Å²) in [4.78, 5) is 41.3. The summed E-state index contributed by atoms with van der Waals surface area (Å²) in [7, 11) is 1.61. The summed E-state index contributed by atoms with van der Waals surface area (Å²) in [5.41, 5.74) is -0.788. The fourth-order valence-electron chi connectivity index (χ4n) is 3.99. The van der Waals surface area contributed by atoms with Crippen molar-refractivity contribution < 1.29 is 27.6 Å². The second-order valence-electron chi connectivity index (χ2n) is 7.77. The topological polar surface area (TPSA) is 118 Å². The van der Waals surface area contributed by atoms with E-state index in [-0.39, 0.29) is 12.1 Å². The summed E-state index contributed by atoms with van der Waals surface area (Å²) in [5.74, 6) is -1.24. The summed E-state index contributed by atoms with van der Waals surface area (Å²) in [6.45, 7) is 1.43. The molecule has 4 amide bonds. The quantitative estimate of drug-likeness (QED) is 0.493. The van der Waals surface area contributed by atoms with E-state index in [1.165, 1.54) is 23.0 Å². The lowest BCUT2D eigenvalue weighted by molar-refractivity contribution is -0.141. The van der Waals surface area contributed by atoms with E-state index < -0.39 is 35.3 Å². The Hall–Kier alpha value is -4.22. The second-order valence-corrected chi connectivity index (χ2v) is 7.77. The Labute approximate surface area is 191 Å². The van der Waals surface area contributed by atoms with Gasteiger partial charge in [0.05, 0.1) is 18.4 Å². The molecule has 3 N–H and O–H groups in total. The molecule has 3 aromatic rings. The third-order valence-corrected chi connectivity index (χ3v) is 5.52. The first-order valence-corrected chi connectivity index (χ1v) is 10.1. The number of urea groups is 1. The number of aryl methyl sites for hydroxylation is 2. The minimum Gasteiger partial charge on any atom is -0.349 e. The molecule has 34 heavy (non-hydrogen) atoms. The van der Waals surface area contributed by atoms with Crippen LogP contribution in [-0.2, 0) is 23.6 Å². The van der Waals surface area contributed by atoms with Gasteiger partial charge in [0.2, 0.25) is 0 Å². The number of alkyl halides is 3. The van der Waals surface area contributed by atoms with Crippen LogP contribution in [0.25, 0.3) is 11.1 Å². The molecule has 1 aliphatic rings. The highest BCUT2D eigenvalue weighted by atomic mass is 19.4. The Bertz CT molecular complexity index is 1270. The zero-order valence-electron chi connectivity index (χ0n) is 18.0. The number of imide groups is 1. The number of hydrogen-bond donors (Lipinski definition) is 3. The van der Waals surface area contributed by atoms with Crippen molar-refractivity contribution in [3.8, 4) is 11.1 Å². The minimum atomic E-state index is -4.58. The molecular formula is C22H19F3N6O3. The number of aromatic nitrogens is 3. The van der Waals surface area contributed by atoms with Crippen LogP contribution in [0.1, 0.15) is 27.3 Å². The van der Waals surface area contributed by atoms with Gasteiger partial charge in [0.25, 0.3) is 11.8 Å². The molecule has 1 saturated heterocycles. The van der Waals surface area contributed by atoms with Crippen molar-refractivity contribution in [3.63, 3.8) is 0 Å². The van der Waals surface area contributed by atoms with E-state index in [1.54, 1.807) is 32.2 Å². The van der Waals surface area contributed by atoms with Crippen LogP contribution in [0.3, 0.4) is 0 Å². The molecule has 3 heterocycles. The third kappa shape index (κ3) is 3.98. The van der Waals surface area contributed by atoms with Crippen LogP contribution in [0, 0.1) is 6.92 Å². The van der Waals surface area contributed by atoms with Gasteiger partial charge in [-0.1, -0.05) is 24.3 Å². The highest BCUT2D eigenvalue weighted by Gasteiger charge is 2.50. The minimum absolute atomic E-state index is 0.158. The second kappa shape index (κ2) is 8.28. The highest BCUT2D eigenvalue weighted by Crippen LogP contribution is 2.31. The number of amides is 4. The first-order valence-electron chi connectivity index (χ1n) is 10.1.